The van der Waals surface area contributed by atoms with Gasteiger partial charge in [0.1, 0.15) is 11.7 Å². The maximum atomic E-state index is 11.4. The average Bonchev–Trinajstić information content (AvgIpc) is 1.95. The molecule has 0 bridgehead atoms. The van der Waals surface area contributed by atoms with Crippen LogP contribution in [0.1, 0.15) is 40.5 Å². The average molecular weight is 227 g/mol. The topological polar surface area (TPSA) is 47.6 Å². The fraction of sp³-hybridized carbons (Fsp3) is 0.750. The monoisotopic (exact) mass is 227 g/mol. The van der Waals surface area contributed by atoms with Gasteiger partial charge in [-0.3, -0.25) is 0 Å². The predicted molar refractivity (Wildman–Crippen MR) is 62.1 cm³/mol. The molecule has 1 aliphatic rings. The number of hydrogen-bond acceptors (Lipinski definition) is 3. The van der Waals surface area contributed by atoms with Crippen LogP contribution >= 0.6 is 0 Å². The van der Waals surface area contributed by atoms with Gasteiger partial charge in [0.2, 0.25) is 0 Å². The fourth-order valence-corrected chi connectivity index (χ4v) is 1.54. The van der Waals surface area contributed by atoms with Crippen LogP contribution in [-0.4, -0.2) is 23.8 Å². The number of rotatable bonds is 3. The van der Waals surface area contributed by atoms with Crippen LogP contribution < -0.4 is 5.32 Å². The molecule has 0 aromatic heterocycles. The van der Waals surface area contributed by atoms with Crippen molar-refractivity contribution >= 4 is 6.09 Å². The number of amides is 1. The molecule has 1 N–H and O–H groups in total. The first kappa shape index (κ1) is 12.9. The summed E-state index contributed by atoms with van der Waals surface area (Å²) < 4.78 is 10.6. The van der Waals surface area contributed by atoms with Crippen LogP contribution in [0, 0.1) is 0 Å². The van der Waals surface area contributed by atoms with Gasteiger partial charge < -0.3 is 14.8 Å². The molecule has 0 unspecified atom stereocenters. The minimum absolute atomic E-state index is 0.166. The molecule has 4 heteroatoms. The summed E-state index contributed by atoms with van der Waals surface area (Å²) in [6.07, 6.45) is 1.49. The highest BCUT2D eigenvalue weighted by Crippen LogP contribution is 2.25. The first-order valence-electron chi connectivity index (χ1n) is 5.58. The van der Waals surface area contributed by atoms with Crippen molar-refractivity contribution in [3.8, 4) is 0 Å². The van der Waals surface area contributed by atoms with E-state index in [0.29, 0.717) is 0 Å². The molecular weight excluding hydrogens is 206 g/mol. The summed E-state index contributed by atoms with van der Waals surface area (Å²) in [6.45, 7) is 11.0. The van der Waals surface area contributed by atoms with Gasteiger partial charge >= 0.3 is 6.09 Å². The van der Waals surface area contributed by atoms with E-state index in [2.05, 4.69) is 11.9 Å². The molecule has 0 aliphatic heterocycles. The van der Waals surface area contributed by atoms with Crippen molar-refractivity contribution in [2.45, 2.75) is 58.3 Å². The lowest BCUT2D eigenvalue weighted by atomic mass is 9.89. The third-order valence-electron chi connectivity index (χ3n) is 2.18. The van der Waals surface area contributed by atoms with Gasteiger partial charge in [0.05, 0.1) is 5.76 Å². The van der Waals surface area contributed by atoms with Gasteiger partial charge in [-0.2, -0.15) is 0 Å². The van der Waals surface area contributed by atoms with E-state index in [1.807, 2.05) is 27.7 Å². The van der Waals surface area contributed by atoms with E-state index in [1.54, 1.807) is 0 Å². The Hall–Kier alpha value is -1.19. The van der Waals surface area contributed by atoms with E-state index in [1.165, 1.54) is 0 Å². The molecule has 1 aliphatic carbocycles. The lowest BCUT2D eigenvalue weighted by Gasteiger charge is -2.36. The third-order valence-corrected chi connectivity index (χ3v) is 2.18. The van der Waals surface area contributed by atoms with E-state index < -0.39 is 5.60 Å². The summed E-state index contributed by atoms with van der Waals surface area (Å²) in [5, 5.41) is 2.81. The Kier molecular flexibility index (Phi) is 3.83. The molecule has 1 amide bonds. The van der Waals surface area contributed by atoms with Crippen LogP contribution in [0.4, 0.5) is 4.79 Å². The number of alkyl carbamates (subject to hydrolysis) is 1. The molecule has 0 radical (unpaired) electrons. The number of carbonyl (C=O) groups is 1. The zero-order valence-electron chi connectivity index (χ0n) is 10.5. The summed E-state index contributed by atoms with van der Waals surface area (Å²) in [7, 11) is 0. The molecule has 0 spiro atoms. The second-order valence-electron chi connectivity index (χ2n) is 5.26. The molecule has 1 rings (SSSR count). The number of allylic oxidation sites excluding steroid dienone is 1. The molecule has 0 saturated heterocycles. The number of hydrogen-bond donors (Lipinski definition) is 1. The maximum Gasteiger partial charge on any atom is 0.407 e. The summed E-state index contributed by atoms with van der Waals surface area (Å²) in [5.74, 6) is 0.723. The first-order chi connectivity index (χ1) is 7.26. The molecule has 0 heterocycles. The third kappa shape index (κ3) is 4.55. The summed E-state index contributed by atoms with van der Waals surface area (Å²) in [5.41, 5.74) is -0.443. The maximum absolute atomic E-state index is 11.4. The van der Waals surface area contributed by atoms with Gasteiger partial charge in [-0.1, -0.05) is 6.58 Å². The molecule has 0 aromatic rings. The summed E-state index contributed by atoms with van der Waals surface area (Å²) in [4.78, 5) is 11.4. The fourth-order valence-electron chi connectivity index (χ4n) is 1.54. The van der Waals surface area contributed by atoms with Crippen LogP contribution in [0.15, 0.2) is 12.3 Å². The number of ether oxygens (including phenoxy) is 2. The summed E-state index contributed by atoms with van der Waals surface area (Å²) in [6, 6.07) is 0.166. The standard InChI is InChI=1S/C12H21NO3/c1-8(2)15-10-6-9(7-10)13-11(14)16-12(3,4)5/h9-10H,1,6-7H2,2-5H3,(H,13,14). The van der Waals surface area contributed by atoms with Crippen molar-refractivity contribution < 1.29 is 14.3 Å². The van der Waals surface area contributed by atoms with Gasteiger partial charge in [0.25, 0.3) is 0 Å². The van der Waals surface area contributed by atoms with Crippen LogP contribution in [0.3, 0.4) is 0 Å². The van der Waals surface area contributed by atoms with Gasteiger partial charge in [-0.15, -0.1) is 0 Å². The quantitative estimate of drug-likeness (QED) is 0.754. The largest absolute Gasteiger partial charge is 0.496 e. The highest BCUT2D eigenvalue weighted by Gasteiger charge is 2.32. The minimum Gasteiger partial charge on any atom is -0.496 e. The van der Waals surface area contributed by atoms with Crippen LogP contribution in [0.25, 0.3) is 0 Å². The molecule has 4 nitrogen and oxygen atoms in total. The number of carbonyl (C=O) groups excluding carboxylic acids is 1. The van der Waals surface area contributed by atoms with Crippen LogP contribution in [0.2, 0.25) is 0 Å². The molecule has 0 atom stereocenters. The molecular formula is C12H21NO3. The highest BCUT2D eigenvalue weighted by atomic mass is 16.6. The summed E-state index contributed by atoms with van der Waals surface area (Å²) >= 11 is 0. The van der Waals surface area contributed by atoms with Crippen molar-refractivity contribution in [1.82, 2.24) is 5.32 Å². The zero-order valence-corrected chi connectivity index (χ0v) is 10.5. The van der Waals surface area contributed by atoms with Crippen molar-refractivity contribution in [2.75, 3.05) is 0 Å². The highest BCUT2D eigenvalue weighted by molar-refractivity contribution is 5.68. The number of nitrogens with one attached hydrogen (secondary N) is 1. The molecule has 16 heavy (non-hydrogen) atoms. The normalized spacial score (nSPS) is 24.2. The van der Waals surface area contributed by atoms with Crippen molar-refractivity contribution in [2.24, 2.45) is 0 Å². The van der Waals surface area contributed by atoms with E-state index >= 15 is 0 Å². The van der Waals surface area contributed by atoms with E-state index in [4.69, 9.17) is 9.47 Å². The Bertz CT molecular complexity index is 274. The Morgan fingerprint density at radius 1 is 1.38 bits per heavy atom. The zero-order chi connectivity index (χ0) is 12.3. The first-order valence-corrected chi connectivity index (χ1v) is 5.58. The van der Waals surface area contributed by atoms with Crippen molar-refractivity contribution in [3.63, 3.8) is 0 Å². The second-order valence-corrected chi connectivity index (χ2v) is 5.26. The van der Waals surface area contributed by atoms with Crippen LogP contribution in [-0.2, 0) is 9.47 Å². The molecule has 1 fully saturated rings. The SMILES string of the molecule is C=C(C)OC1CC(NC(=O)OC(C)(C)C)C1. The second kappa shape index (κ2) is 4.76. The van der Waals surface area contributed by atoms with Gasteiger partial charge in [0, 0.05) is 18.9 Å². The Morgan fingerprint density at radius 3 is 2.38 bits per heavy atom. The Morgan fingerprint density at radius 2 is 1.94 bits per heavy atom. The molecule has 1 saturated carbocycles. The Balaban J connectivity index is 2.17. The molecule has 0 aromatic carbocycles. The minimum atomic E-state index is -0.443. The van der Waals surface area contributed by atoms with Crippen molar-refractivity contribution in [1.29, 1.82) is 0 Å². The van der Waals surface area contributed by atoms with Gasteiger partial charge in [0.15, 0.2) is 0 Å². The van der Waals surface area contributed by atoms with Crippen molar-refractivity contribution in [3.05, 3.63) is 12.3 Å². The smallest absolute Gasteiger partial charge is 0.407 e. The van der Waals surface area contributed by atoms with E-state index in [-0.39, 0.29) is 18.2 Å². The lowest BCUT2D eigenvalue weighted by Crippen LogP contribution is -2.48. The van der Waals surface area contributed by atoms with Gasteiger partial charge in [-0.05, 0) is 27.7 Å². The lowest BCUT2D eigenvalue weighted by molar-refractivity contribution is 0.0153. The van der Waals surface area contributed by atoms with Gasteiger partial charge in [-0.25, -0.2) is 4.79 Å². The molecule has 92 valence electrons. The predicted octanol–water partition coefficient (Wildman–Crippen LogP) is 2.59. The van der Waals surface area contributed by atoms with E-state index in [0.717, 1.165) is 18.6 Å². The van der Waals surface area contributed by atoms with E-state index in [9.17, 15) is 4.79 Å². The van der Waals surface area contributed by atoms with Crippen LogP contribution in [0.5, 0.6) is 0 Å². The Labute approximate surface area is 97.0 Å².